The van der Waals surface area contributed by atoms with Crippen molar-refractivity contribution in [2.24, 2.45) is 0 Å². The normalized spacial score (nSPS) is 11.8. The molecule has 0 saturated carbocycles. The molecule has 0 aliphatic rings. The van der Waals surface area contributed by atoms with E-state index in [9.17, 15) is 13.6 Å². The Balaban J connectivity index is 1.76. The Morgan fingerprint density at radius 3 is 2.46 bits per heavy atom. The lowest BCUT2D eigenvalue weighted by Gasteiger charge is -2.13. The minimum Gasteiger partial charge on any atom is -0.493 e. The number of hydrogen-bond donors (Lipinski definition) is 1. The molecule has 0 aliphatic heterocycles. The van der Waals surface area contributed by atoms with E-state index >= 15 is 0 Å². The molecular formula is C17H16ClF2NO2S. The first-order chi connectivity index (χ1) is 11.5. The van der Waals surface area contributed by atoms with E-state index in [1.54, 1.807) is 31.2 Å². The van der Waals surface area contributed by atoms with Crippen molar-refractivity contribution in [1.82, 2.24) is 0 Å². The van der Waals surface area contributed by atoms with Crippen molar-refractivity contribution < 1.29 is 18.3 Å². The molecule has 0 aromatic heterocycles. The van der Waals surface area contributed by atoms with E-state index in [0.29, 0.717) is 23.1 Å². The first-order valence-corrected chi connectivity index (χ1v) is 8.65. The van der Waals surface area contributed by atoms with Gasteiger partial charge in [-0.15, -0.1) is 11.8 Å². The summed E-state index contributed by atoms with van der Waals surface area (Å²) in [7, 11) is 0. The van der Waals surface area contributed by atoms with Crippen LogP contribution in [0.2, 0.25) is 5.02 Å². The molecule has 0 bridgehead atoms. The SMILES string of the molecule is CC(SCCOc1ccc(Cl)cc1)C(=O)Nc1c(F)cccc1F. The highest BCUT2D eigenvalue weighted by atomic mass is 35.5. The Hall–Kier alpha value is -1.79. The average molecular weight is 372 g/mol. The Morgan fingerprint density at radius 2 is 1.83 bits per heavy atom. The van der Waals surface area contributed by atoms with Gasteiger partial charge in [0.2, 0.25) is 5.91 Å². The number of thioether (sulfide) groups is 1. The molecule has 0 aliphatic carbocycles. The lowest BCUT2D eigenvalue weighted by molar-refractivity contribution is -0.115. The number of rotatable bonds is 7. The van der Waals surface area contributed by atoms with Gasteiger partial charge in [-0.2, -0.15) is 0 Å². The Bertz CT molecular complexity index is 677. The summed E-state index contributed by atoms with van der Waals surface area (Å²) in [5, 5.41) is 2.43. The predicted molar refractivity (Wildman–Crippen MR) is 93.9 cm³/mol. The van der Waals surface area contributed by atoms with Gasteiger partial charge in [0, 0.05) is 10.8 Å². The van der Waals surface area contributed by atoms with Gasteiger partial charge in [0.15, 0.2) is 0 Å². The smallest absolute Gasteiger partial charge is 0.237 e. The van der Waals surface area contributed by atoms with Crippen LogP contribution < -0.4 is 10.1 Å². The summed E-state index contributed by atoms with van der Waals surface area (Å²) in [6.45, 7) is 2.07. The van der Waals surface area contributed by atoms with E-state index in [-0.39, 0.29) is 0 Å². The molecule has 0 fully saturated rings. The molecule has 1 unspecified atom stereocenters. The van der Waals surface area contributed by atoms with Crippen LogP contribution in [0, 0.1) is 11.6 Å². The number of hydrogen-bond acceptors (Lipinski definition) is 3. The second-order valence-electron chi connectivity index (χ2n) is 4.90. The van der Waals surface area contributed by atoms with Gasteiger partial charge in [-0.1, -0.05) is 17.7 Å². The van der Waals surface area contributed by atoms with Crippen LogP contribution in [0.4, 0.5) is 14.5 Å². The lowest BCUT2D eigenvalue weighted by Crippen LogP contribution is -2.24. The van der Waals surface area contributed by atoms with Crippen molar-refractivity contribution in [1.29, 1.82) is 0 Å². The summed E-state index contributed by atoms with van der Waals surface area (Å²) in [6, 6.07) is 10.4. The summed E-state index contributed by atoms with van der Waals surface area (Å²) < 4.78 is 32.5. The fourth-order valence-electron chi connectivity index (χ4n) is 1.83. The number of amides is 1. The maximum Gasteiger partial charge on any atom is 0.237 e. The molecule has 1 amide bonds. The van der Waals surface area contributed by atoms with Crippen molar-refractivity contribution in [2.75, 3.05) is 17.7 Å². The van der Waals surface area contributed by atoms with E-state index in [4.69, 9.17) is 16.3 Å². The van der Waals surface area contributed by atoms with E-state index in [0.717, 1.165) is 12.1 Å². The molecular weight excluding hydrogens is 356 g/mol. The molecule has 2 aromatic rings. The average Bonchev–Trinajstić information content (AvgIpc) is 2.56. The zero-order chi connectivity index (χ0) is 17.5. The van der Waals surface area contributed by atoms with Gasteiger partial charge in [-0.3, -0.25) is 4.79 Å². The molecule has 3 nitrogen and oxygen atoms in total. The van der Waals surface area contributed by atoms with Crippen LogP contribution in [0.1, 0.15) is 6.92 Å². The number of carbonyl (C=O) groups is 1. The number of nitrogens with one attached hydrogen (secondary N) is 1. The Kier molecular flexibility index (Phi) is 6.87. The highest BCUT2D eigenvalue weighted by molar-refractivity contribution is 8.00. The van der Waals surface area contributed by atoms with Crippen molar-refractivity contribution >= 4 is 35.0 Å². The number of halogens is 3. The molecule has 2 aromatic carbocycles. The van der Waals surface area contributed by atoms with Crippen molar-refractivity contribution in [3.63, 3.8) is 0 Å². The Morgan fingerprint density at radius 1 is 1.21 bits per heavy atom. The monoisotopic (exact) mass is 371 g/mol. The number of para-hydroxylation sites is 1. The summed E-state index contributed by atoms with van der Waals surface area (Å²) in [4.78, 5) is 12.0. The van der Waals surface area contributed by atoms with Gasteiger partial charge in [0.25, 0.3) is 0 Å². The first kappa shape index (κ1) is 18.5. The molecule has 0 radical (unpaired) electrons. The molecule has 7 heteroatoms. The lowest BCUT2D eigenvalue weighted by atomic mass is 10.3. The fourth-order valence-corrected chi connectivity index (χ4v) is 2.70. The van der Waals surface area contributed by atoms with Crippen molar-refractivity contribution in [2.45, 2.75) is 12.2 Å². The van der Waals surface area contributed by atoms with Gasteiger partial charge in [-0.05, 0) is 43.3 Å². The number of anilines is 1. The standard InChI is InChI=1S/C17H16ClF2NO2S/c1-11(17(22)21-16-14(19)3-2-4-15(16)20)24-10-9-23-13-7-5-12(18)6-8-13/h2-8,11H,9-10H2,1H3,(H,21,22). The van der Waals surface area contributed by atoms with Crippen LogP contribution in [0.25, 0.3) is 0 Å². The van der Waals surface area contributed by atoms with Crippen molar-refractivity contribution in [3.8, 4) is 5.75 Å². The summed E-state index contributed by atoms with van der Waals surface area (Å²) >= 11 is 7.11. The number of carbonyl (C=O) groups excluding carboxylic acids is 1. The molecule has 128 valence electrons. The largest absolute Gasteiger partial charge is 0.493 e. The van der Waals surface area contributed by atoms with Gasteiger partial charge >= 0.3 is 0 Å². The minimum absolute atomic E-state index is 0.401. The van der Waals surface area contributed by atoms with Crippen LogP contribution in [0.5, 0.6) is 5.75 Å². The van der Waals surface area contributed by atoms with E-state index < -0.39 is 28.5 Å². The zero-order valence-electron chi connectivity index (χ0n) is 12.9. The Labute approximate surface area is 148 Å². The van der Waals surface area contributed by atoms with Crippen LogP contribution >= 0.6 is 23.4 Å². The number of ether oxygens (including phenoxy) is 1. The molecule has 0 spiro atoms. The van der Waals surface area contributed by atoms with Crippen LogP contribution in [-0.4, -0.2) is 23.5 Å². The molecule has 0 saturated heterocycles. The van der Waals surface area contributed by atoms with Gasteiger partial charge in [-0.25, -0.2) is 8.78 Å². The third-order valence-electron chi connectivity index (χ3n) is 3.11. The molecule has 0 heterocycles. The maximum absolute atomic E-state index is 13.5. The third-order valence-corrected chi connectivity index (χ3v) is 4.48. The zero-order valence-corrected chi connectivity index (χ0v) is 14.5. The molecule has 2 rings (SSSR count). The topological polar surface area (TPSA) is 38.3 Å². The van der Waals surface area contributed by atoms with E-state index in [2.05, 4.69) is 5.32 Å². The minimum atomic E-state index is -0.799. The fraction of sp³-hybridized carbons (Fsp3) is 0.235. The molecule has 1 atom stereocenters. The third kappa shape index (κ3) is 5.39. The maximum atomic E-state index is 13.5. The van der Waals surface area contributed by atoms with Crippen LogP contribution in [-0.2, 0) is 4.79 Å². The second-order valence-corrected chi connectivity index (χ2v) is 6.79. The predicted octanol–water partition coefficient (Wildman–Crippen LogP) is 4.76. The van der Waals surface area contributed by atoms with Crippen LogP contribution in [0.3, 0.4) is 0 Å². The van der Waals surface area contributed by atoms with Gasteiger partial charge < -0.3 is 10.1 Å². The first-order valence-electron chi connectivity index (χ1n) is 7.22. The van der Waals surface area contributed by atoms with E-state index in [1.165, 1.54) is 17.8 Å². The quantitative estimate of drug-likeness (QED) is 0.713. The molecule has 1 N–H and O–H groups in total. The van der Waals surface area contributed by atoms with Gasteiger partial charge in [0.1, 0.15) is 23.1 Å². The summed E-state index contributed by atoms with van der Waals surface area (Å²) in [5.41, 5.74) is -0.424. The van der Waals surface area contributed by atoms with Crippen LogP contribution in [0.15, 0.2) is 42.5 Å². The number of benzene rings is 2. The highest BCUT2D eigenvalue weighted by Gasteiger charge is 2.17. The van der Waals surface area contributed by atoms with Gasteiger partial charge in [0.05, 0.1) is 11.9 Å². The summed E-state index contributed by atoms with van der Waals surface area (Å²) in [5.74, 6) is -0.823. The second kappa shape index (κ2) is 8.89. The highest BCUT2D eigenvalue weighted by Crippen LogP contribution is 2.21. The molecule has 24 heavy (non-hydrogen) atoms. The van der Waals surface area contributed by atoms with E-state index in [1.807, 2.05) is 0 Å². The summed E-state index contributed by atoms with van der Waals surface area (Å²) in [6.07, 6.45) is 0. The van der Waals surface area contributed by atoms with Crippen molar-refractivity contribution in [3.05, 3.63) is 59.1 Å².